The minimum Gasteiger partial charge on any atom is -0.268 e. The van der Waals surface area contributed by atoms with Crippen LogP contribution in [0.1, 0.15) is 28.9 Å². The standard InChI is InChI=1S/C24H22N2OS/c1-16-13-14-22(17(2)15-16)26-23(27)20-11-7-8-12-21(20)25-24(26)28-18(3)19-9-5-4-6-10-19/h4-15,18H,1-3H3. The summed E-state index contributed by atoms with van der Waals surface area (Å²) in [4.78, 5) is 18.3. The number of aromatic nitrogens is 2. The Labute approximate surface area is 169 Å². The second kappa shape index (κ2) is 7.64. The van der Waals surface area contributed by atoms with Crippen LogP contribution in [0.5, 0.6) is 0 Å². The Morgan fingerprint density at radius 1 is 0.929 bits per heavy atom. The topological polar surface area (TPSA) is 34.9 Å². The van der Waals surface area contributed by atoms with Crippen LogP contribution >= 0.6 is 11.8 Å². The molecule has 1 heterocycles. The van der Waals surface area contributed by atoms with Crippen molar-refractivity contribution < 1.29 is 0 Å². The molecule has 4 aromatic rings. The van der Waals surface area contributed by atoms with Gasteiger partial charge in [-0.05, 0) is 50.1 Å². The average Bonchev–Trinajstić information content (AvgIpc) is 2.70. The average molecular weight is 387 g/mol. The molecule has 28 heavy (non-hydrogen) atoms. The van der Waals surface area contributed by atoms with Crippen molar-refractivity contribution in [2.75, 3.05) is 0 Å². The molecule has 1 unspecified atom stereocenters. The highest BCUT2D eigenvalue weighted by Gasteiger charge is 2.18. The van der Waals surface area contributed by atoms with E-state index in [1.807, 2.05) is 61.5 Å². The molecule has 0 aliphatic carbocycles. The highest BCUT2D eigenvalue weighted by Crippen LogP contribution is 2.35. The summed E-state index contributed by atoms with van der Waals surface area (Å²) in [6.45, 7) is 6.25. The van der Waals surface area contributed by atoms with E-state index < -0.39 is 0 Å². The number of aryl methyl sites for hydroxylation is 2. The summed E-state index contributed by atoms with van der Waals surface area (Å²) in [5, 5.41) is 1.53. The van der Waals surface area contributed by atoms with Crippen LogP contribution in [0.15, 0.2) is 82.7 Å². The normalized spacial score (nSPS) is 12.2. The van der Waals surface area contributed by atoms with E-state index in [4.69, 9.17) is 4.98 Å². The summed E-state index contributed by atoms with van der Waals surface area (Å²) >= 11 is 1.61. The lowest BCUT2D eigenvalue weighted by atomic mass is 10.1. The second-order valence-corrected chi connectivity index (χ2v) is 8.32. The zero-order valence-corrected chi connectivity index (χ0v) is 17.0. The predicted octanol–water partition coefficient (Wildman–Crippen LogP) is 5.86. The zero-order valence-electron chi connectivity index (χ0n) is 16.2. The number of thioether (sulfide) groups is 1. The fourth-order valence-corrected chi connectivity index (χ4v) is 4.46. The minimum atomic E-state index is -0.0275. The van der Waals surface area contributed by atoms with Crippen LogP contribution in [0.25, 0.3) is 16.6 Å². The maximum atomic E-state index is 13.4. The number of fused-ring (bicyclic) bond motifs is 1. The highest BCUT2D eigenvalue weighted by atomic mass is 32.2. The summed E-state index contributed by atoms with van der Waals surface area (Å²) in [6.07, 6.45) is 0. The van der Waals surface area contributed by atoms with Gasteiger partial charge in [-0.25, -0.2) is 4.98 Å². The second-order valence-electron chi connectivity index (χ2n) is 7.01. The van der Waals surface area contributed by atoms with Crippen LogP contribution in [-0.4, -0.2) is 9.55 Å². The first-order valence-electron chi connectivity index (χ1n) is 9.35. The van der Waals surface area contributed by atoms with Gasteiger partial charge in [0.05, 0.1) is 16.6 Å². The van der Waals surface area contributed by atoms with E-state index in [1.165, 1.54) is 11.1 Å². The van der Waals surface area contributed by atoms with E-state index in [9.17, 15) is 4.79 Å². The van der Waals surface area contributed by atoms with E-state index in [-0.39, 0.29) is 10.8 Å². The van der Waals surface area contributed by atoms with Crippen molar-refractivity contribution in [1.82, 2.24) is 9.55 Å². The number of hydrogen-bond acceptors (Lipinski definition) is 3. The molecule has 4 rings (SSSR count). The van der Waals surface area contributed by atoms with E-state index in [0.29, 0.717) is 10.5 Å². The van der Waals surface area contributed by atoms with Gasteiger partial charge in [-0.2, -0.15) is 0 Å². The molecule has 3 nitrogen and oxygen atoms in total. The van der Waals surface area contributed by atoms with Gasteiger partial charge in [-0.15, -0.1) is 0 Å². The predicted molar refractivity (Wildman–Crippen MR) is 118 cm³/mol. The largest absolute Gasteiger partial charge is 0.268 e. The first-order valence-corrected chi connectivity index (χ1v) is 10.2. The van der Waals surface area contributed by atoms with E-state index in [2.05, 4.69) is 32.0 Å². The number of nitrogens with zero attached hydrogens (tertiary/aromatic N) is 2. The molecule has 0 amide bonds. The van der Waals surface area contributed by atoms with Gasteiger partial charge < -0.3 is 0 Å². The molecule has 0 saturated carbocycles. The van der Waals surface area contributed by atoms with Gasteiger partial charge in [-0.1, -0.05) is 71.9 Å². The minimum absolute atomic E-state index is 0.0275. The number of hydrogen-bond donors (Lipinski definition) is 0. The molecule has 4 heteroatoms. The summed E-state index contributed by atoms with van der Waals surface area (Å²) in [5.74, 6) is 0. The number of rotatable bonds is 4. The van der Waals surface area contributed by atoms with E-state index >= 15 is 0 Å². The molecule has 0 aliphatic rings. The van der Waals surface area contributed by atoms with E-state index in [1.54, 1.807) is 16.3 Å². The third-order valence-corrected chi connectivity index (χ3v) is 6.00. The Morgan fingerprint density at radius 3 is 2.39 bits per heavy atom. The summed E-state index contributed by atoms with van der Waals surface area (Å²) < 4.78 is 1.77. The molecule has 1 atom stereocenters. The van der Waals surface area contributed by atoms with Crippen molar-refractivity contribution >= 4 is 22.7 Å². The van der Waals surface area contributed by atoms with Gasteiger partial charge in [0.25, 0.3) is 5.56 Å². The van der Waals surface area contributed by atoms with Gasteiger partial charge in [0, 0.05) is 5.25 Å². The lowest BCUT2D eigenvalue weighted by Gasteiger charge is -2.18. The Morgan fingerprint density at radius 2 is 1.64 bits per heavy atom. The van der Waals surface area contributed by atoms with Crippen LogP contribution in [0.3, 0.4) is 0 Å². The van der Waals surface area contributed by atoms with Crippen LogP contribution in [-0.2, 0) is 0 Å². The molecular weight excluding hydrogens is 364 g/mol. The van der Waals surface area contributed by atoms with Gasteiger partial charge >= 0.3 is 0 Å². The first-order chi connectivity index (χ1) is 13.5. The Bertz CT molecular complexity index is 1200. The quantitative estimate of drug-likeness (QED) is 0.326. The van der Waals surface area contributed by atoms with Gasteiger partial charge in [0.2, 0.25) is 0 Å². The van der Waals surface area contributed by atoms with Crippen molar-refractivity contribution in [3.8, 4) is 5.69 Å². The molecule has 0 radical (unpaired) electrons. The lowest BCUT2D eigenvalue weighted by Crippen LogP contribution is -2.22. The number of benzene rings is 3. The fourth-order valence-electron chi connectivity index (χ4n) is 3.41. The first kappa shape index (κ1) is 18.5. The molecule has 140 valence electrons. The van der Waals surface area contributed by atoms with Gasteiger partial charge in [0.1, 0.15) is 0 Å². The van der Waals surface area contributed by atoms with Crippen molar-refractivity contribution in [2.45, 2.75) is 31.2 Å². The third-order valence-electron chi connectivity index (χ3n) is 4.89. The summed E-state index contributed by atoms with van der Waals surface area (Å²) in [7, 11) is 0. The SMILES string of the molecule is Cc1ccc(-n2c(SC(C)c3ccccc3)nc3ccccc3c2=O)c(C)c1. The fraction of sp³-hybridized carbons (Fsp3) is 0.167. The van der Waals surface area contributed by atoms with Crippen molar-refractivity contribution in [3.63, 3.8) is 0 Å². The molecular formula is C24H22N2OS. The Kier molecular flexibility index (Phi) is 5.05. The smallest absolute Gasteiger partial charge is 0.266 e. The van der Waals surface area contributed by atoms with Crippen molar-refractivity contribution in [3.05, 3.63) is 99.8 Å². The van der Waals surface area contributed by atoms with Crippen LogP contribution in [0, 0.1) is 13.8 Å². The van der Waals surface area contributed by atoms with Gasteiger partial charge in [-0.3, -0.25) is 9.36 Å². The highest BCUT2D eigenvalue weighted by molar-refractivity contribution is 7.99. The number of para-hydroxylation sites is 1. The molecule has 0 fully saturated rings. The molecule has 0 spiro atoms. The van der Waals surface area contributed by atoms with Crippen molar-refractivity contribution in [1.29, 1.82) is 0 Å². The molecule has 3 aromatic carbocycles. The monoisotopic (exact) mass is 386 g/mol. The molecule has 0 bridgehead atoms. The Balaban J connectivity index is 1.92. The summed E-state index contributed by atoms with van der Waals surface area (Å²) in [6, 6.07) is 24.0. The molecule has 0 aliphatic heterocycles. The maximum absolute atomic E-state index is 13.4. The zero-order chi connectivity index (χ0) is 19.7. The van der Waals surface area contributed by atoms with Crippen molar-refractivity contribution in [2.24, 2.45) is 0 Å². The van der Waals surface area contributed by atoms with E-state index in [0.717, 1.165) is 16.8 Å². The maximum Gasteiger partial charge on any atom is 0.266 e. The Hall–Kier alpha value is -2.85. The molecule has 1 aromatic heterocycles. The lowest BCUT2D eigenvalue weighted by molar-refractivity contribution is 0.809. The molecule has 0 saturated heterocycles. The molecule has 0 N–H and O–H groups in total. The third kappa shape index (κ3) is 3.48. The van der Waals surface area contributed by atoms with Crippen LogP contribution < -0.4 is 5.56 Å². The van der Waals surface area contributed by atoms with Gasteiger partial charge in [0.15, 0.2) is 5.16 Å². The van der Waals surface area contributed by atoms with Crippen LogP contribution in [0.4, 0.5) is 0 Å². The summed E-state index contributed by atoms with van der Waals surface area (Å²) in [5.41, 5.74) is 5.04. The van der Waals surface area contributed by atoms with Crippen LogP contribution in [0.2, 0.25) is 0 Å².